The van der Waals surface area contributed by atoms with Crippen molar-refractivity contribution >= 4 is 17.4 Å². The fourth-order valence-electron chi connectivity index (χ4n) is 2.76. The quantitative estimate of drug-likeness (QED) is 0.818. The number of anilines is 2. The third kappa shape index (κ3) is 2.53. The van der Waals surface area contributed by atoms with Crippen LogP contribution in [0.1, 0.15) is 40.0 Å². The number of carbonyl (C=O) groups excluding carboxylic acids is 1. The van der Waals surface area contributed by atoms with Crippen molar-refractivity contribution in [2.45, 2.75) is 51.6 Å². The van der Waals surface area contributed by atoms with Gasteiger partial charge in [-0.15, -0.1) is 0 Å². The number of benzene rings is 1. The van der Waals surface area contributed by atoms with Crippen molar-refractivity contribution in [1.29, 1.82) is 0 Å². The second kappa shape index (κ2) is 5.11. The molecule has 0 spiro atoms. The Morgan fingerprint density at radius 2 is 2.05 bits per heavy atom. The van der Waals surface area contributed by atoms with Gasteiger partial charge in [-0.25, -0.2) is 4.79 Å². The lowest BCUT2D eigenvalue weighted by molar-refractivity contribution is 0.248. The van der Waals surface area contributed by atoms with Crippen molar-refractivity contribution in [3.05, 3.63) is 24.3 Å². The highest BCUT2D eigenvalue weighted by Gasteiger charge is 2.45. The van der Waals surface area contributed by atoms with Crippen LogP contribution in [0.5, 0.6) is 0 Å². The van der Waals surface area contributed by atoms with Crippen LogP contribution in [0.2, 0.25) is 0 Å². The first-order chi connectivity index (χ1) is 8.97. The molecule has 104 valence electrons. The first kappa shape index (κ1) is 13.7. The van der Waals surface area contributed by atoms with E-state index >= 15 is 0 Å². The molecule has 4 nitrogen and oxygen atoms in total. The van der Waals surface area contributed by atoms with Gasteiger partial charge in [0.1, 0.15) is 0 Å². The summed E-state index contributed by atoms with van der Waals surface area (Å²) < 4.78 is 0. The maximum Gasteiger partial charge on any atom is 0.322 e. The Labute approximate surface area is 115 Å². The largest absolute Gasteiger partial charge is 0.397 e. The fourth-order valence-corrected chi connectivity index (χ4v) is 2.76. The molecule has 1 aromatic carbocycles. The minimum Gasteiger partial charge on any atom is -0.397 e. The van der Waals surface area contributed by atoms with E-state index < -0.39 is 0 Å². The smallest absolute Gasteiger partial charge is 0.322 e. The normalized spacial score (nSPS) is 21.5. The molecule has 1 aromatic rings. The summed E-state index contributed by atoms with van der Waals surface area (Å²) in [5.74, 6) is 0. The van der Waals surface area contributed by atoms with Gasteiger partial charge in [0, 0.05) is 0 Å². The highest BCUT2D eigenvalue weighted by molar-refractivity contribution is 5.98. The Morgan fingerprint density at radius 3 is 2.68 bits per heavy atom. The summed E-state index contributed by atoms with van der Waals surface area (Å²) in [6.45, 7) is 6.31. The fraction of sp³-hybridized carbons (Fsp3) is 0.533. The molecule has 3 N–H and O–H groups in total. The average molecular weight is 261 g/mol. The molecule has 0 saturated carbocycles. The number of unbranched alkanes of at least 4 members (excludes halogenated alkanes) is 1. The number of amides is 2. The van der Waals surface area contributed by atoms with Crippen molar-refractivity contribution < 1.29 is 4.79 Å². The molecule has 1 saturated heterocycles. The van der Waals surface area contributed by atoms with Crippen LogP contribution < -0.4 is 16.0 Å². The van der Waals surface area contributed by atoms with E-state index in [1.54, 1.807) is 0 Å². The number of rotatable bonds is 4. The molecule has 2 rings (SSSR count). The van der Waals surface area contributed by atoms with E-state index in [0.29, 0.717) is 5.69 Å². The Morgan fingerprint density at radius 1 is 1.37 bits per heavy atom. The molecule has 0 bridgehead atoms. The topological polar surface area (TPSA) is 58.4 Å². The van der Waals surface area contributed by atoms with Gasteiger partial charge in [0.15, 0.2) is 0 Å². The Balaban J connectivity index is 2.36. The molecule has 1 heterocycles. The van der Waals surface area contributed by atoms with Crippen LogP contribution in [0.4, 0.5) is 16.2 Å². The number of hydrogen-bond acceptors (Lipinski definition) is 2. The summed E-state index contributed by atoms with van der Waals surface area (Å²) in [4.78, 5) is 14.1. The summed E-state index contributed by atoms with van der Waals surface area (Å²) in [6, 6.07) is 7.65. The molecule has 2 amide bonds. The Kier molecular flexibility index (Phi) is 3.69. The summed E-state index contributed by atoms with van der Waals surface area (Å²) in [5.41, 5.74) is 7.25. The second-order valence-electron chi connectivity index (χ2n) is 5.74. The Hall–Kier alpha value is -1.71. The zero-order valence-corrected chi connectivity index (χ0v) is 11.9. The van der Waals surface area contributed by atoms with Crippen LogP contribution in [-0.2, 0) is 0 Å². The number of nitrogens with one attached hydrogen (secondary N) is 1. The highest BCUT2D eigenvalue weighted by atomic mass is 16.2. The zero-order valence-electron chi connectivity index (χ0n) is 11.9. The monoisotopic (exact) mass is 261 g/mol. The summed E-state index contributed by atoms with van der Waals surface area (Å²) in [5, 5.41) is 3.06. The summed E-state index contributed by atoms with van der Waals surface area (Å²) in [6.07, 6.45) is 3.21. The van der Waals surface area contributed by atoms with Gasteiger partial charge in [-0.05, 0) is 32.4 Å². The van der Waals surface area contributed by atoms with E-state index in [-0.39, 0.29) is 17.6 Å². The summed E-state index contributed by atoms with van der Waals surface area (Å²) in [7, 11) is 0. The molecule has 1 aliphatic heterocycles. The van der Waals surface area contributed by atoms with Crippen molar-refractivity contribution in [3.8, 4) is 0 Å². The third-order valence-electron chi connectivity index (χ3n) is 3.82. The summed E-state index contributed by atoms with van der Waals surface area (Å²) >= 11 is 0. The maximum absolute atomic E-state index is 12.3. The van der Waals surface area contributed by atoms with Gasteiger partial charge >= 0.3 is 6.03 Å². The van der Waals surface area contributed by atoms with Crippen LogP contribution in [0.3, 0.4) is 0 Å². The molecule has 1 atom stereocenters. The number of nitrogens with two attached hydrogens (primary N) is 1. The molecule has 1 fully saturated rings. The number of carbonyl (C=O) groups is 1. The minimum absolute atomic E-state index is 0.0518. The molecule has 4 heteroatoms. The van der Waals surface area contributed by atoms with Crippen molar-refractivity contribution in [2.75, 3.05) is 10.6 Å². The molecular formula is C15H23N3O. The first-order valence-corrected chi connectivity index (χ1v) is 6.93. The van der Waals surface area contributed by atoms with E-state index in [1.165, 1.54) is 0 Å². The Bertz CT molecular complexity index is 470. The molecule has 0 radical (unpaired) electrons. The van der Waals surface area contributed by atoms with Gasteiger partial charge in [0.2, 0.25) is 0 Å². The van der Waals surface area contributed by atoms with Crippen molar-refractivity contribution in [1.82, 2.24) is 5.32 Å². The van der Waals surface area contributed by atoms with Gasteiger partial charge in [0.05, 0.1) is 23.0 Å². The van der Waals surface area contributed by atoms with E-state index in [4.69, 9.17) is 5.73 Å². The number of nitrogens with zero attached hydrogens (tertiary/aromatic N) is 1. The standard InChI is InChI=1S/C15H23N3O/c1-4-5-10-13-15(2,3)17-14(19)18(13)12-9-7-6-8-11(12)16/h6-9,13H,4-5,10,16H2,1-3H3,(H,17,19)/t13-/m0/s1. The van der Waals surface area contributed by atoms with E-state index in [1.807, 2.05) is 29.2 Å². The number of para-hydroxylation sites is 2. The molecule has 0 unspecified atom stereocenters. The van der Waals surface area contributed by atoms with Gasteiger partial charge in [0.25, 0.3) is 0 Å². The van der Waals surface area contributed by atoms with Crippen LogP contribution in [0.15, 0.2) is 24.3 Å². The van der Waals surface area contributed by atoms with Gasteiger partial charge < -0.3 is 11.1 Å². The van der Waals surface area contributed by atoms with Gasteiger partial charge in [-0.3, -0.25) is 4.90 Å². The molecule has 0 aromatic heterocycles. The van der Waals surface area contributed by atoms with Crippen molar-refractivity contribution in [3.63, 3.8) is 0 Å². The molecule has 19 heavy (non-hydrogen) atoms. The average Bonchev–Trinajstić information content (AvgIpc) is 2.57. The maximum atomic E-state index is 12.3. The van der Waals surface area contributed by atoms with Crippen molar-refractivity contribution in [2.24, 2.45) is 0 Å². The SMILES string of the molecule is CCCC[C@@H]1N(c2ccccc2N)C(=O)NC1(C)C. The number of urea groups is 1. The molecule has 1 aliphatic rings. The predicted octanol–water partition coefficient (Wildman–Crippen LogP) is 3.14. The van der Waals surface area contributed by atoms with Gasteiger partial charge in [-0.1, -0.05) is 31.9 Å². The van der Waals surface area contributed by atoms with Crippen LogP contribution in [0.25, 0.3) is 0 Å². The molecule has 0 aliphatic carbocycles. The van der Waals surface area contributed by atoms with Crippen LogP contribution in [0, 0.1) is 0 Å². The minimum atomic E-state index is -0.228. The zero-order chi connectivity index (χ0) is 14.0. The third-order valence-corrected chi connectivity index (χ3v) is 3.82. The second-order valence-corrected chi connectivity index (χ2v) is 5.74. The number of nitrogen functional groups attached to an aromatic ring is 1. The highest BCUT2D eigenvalue weighted by Crippen LogP contribution is 2.34. The predicted molar refractivity (Wildman–Crippen MR) is 79.3 cm³/mol. The molecular weight excluding hydrogens is 238 g/mol. The first-order valence-electron chi connectivity index (χ1n) is 6.93. The lowest BCUT2D eigenvalue weighted by Crippen LogP contribution is -2.44. The van der Waals surface area contributed by atoms with Crippen LogP contribution in [-0.4, -0.2) is 17.6 Å². The lowest BCUT2D eigenvalue weighted by atomic mass is 9.91. The van der Waals surface area contributed by atoms with E-state index in [2.05, 4.69) is 26.1 Å². The lowest BCUT2D eigenvalue weighted by Gasteiger charge is -2.31. The van der Waals surface area contributed by atoms with Gasteiger partial charge in [-0.2, -0.15) is 0 Å². The van der Waals surface area contributed by atoms with E-state index in [0.717, 1.165) is 24.9 Å². The van der Waals surface area contributed by atoms with E-state index in [9.17, 15) is 4.79 Å². The van der Waals surface area contributed by atoms with Crippen LogP contribution >= 0.6 is 0 Å². The number of hydrogen-bond donors (Lipinski definition) is 2.